The fraction of sp³-hybridized carbons (Fsp3) is 0.500. The van der Waals surface area contributed by atoms with E-state index in [0.717, 1.165) is 31.8 Å². The Morgan fingerprint density at radius 1 is 1.29 bits per heavy atom. The molecule has 1 saturated carbocycles. The molecule has 28 heavy (non-hydrogen) atoms. The van der Waals surface area contributed by atoms with E-state index in [4.69, 9.17) is 9.47 Å². The Hall–Kier alpha value is -2.64. The summed E-state index contributed by atoms with van der Waals surface area (Å²) in [6.07, 6.45) is 6.53. The lowest BCUT2D eigenvalue weighted by Crippen LogP contribution is -2.42. The average molecular weight is 397 g/mol. The predicted molar refractivity (Wildman–Crippen MR) is 99.2 cm³/mol. The summed E-state index contributed by atoms with van der Waals surface area (Å²) in [5.41, 5.74) is 0.220. The predicted octanol–water partition coefficient (Wildman–Crippen LogP) is 3.55. The van der Waals surface area contributed by atoms with Gasteiger partial charge in [-0.05, 0) is 30.9 Å². The maximum Gasteiger partial charge on any atom is 0.387 e. The van der Waals surface area contributed by atoms with Crippen molar-refractivity contribution >= 4 is 18.0 Å². The molecule has 0 spiro atoms. The third-order valence-electron chi connectivity index (χ3n) is 4.64. The first-order valence-corrected chi connectivity index (χ1v) is 9.16. The topological polar surface area (TPSA) is 73.9 Å². The van der Waals surface area contributed by atoms with Gasteiger partial charge in [0, 0.05) is 17.7 Å². The average Bonchev–Trinajstić information content (AvgIpc) is 2.67. The summed E-state index contributed by atoms with van der Waals surface area (Å²) in [7, 11) is 1.32. The van der Waals surface area contributed by atoms with Gasteiger partial charge in [-0.2, -0.15) is 8.78 Å². The van der Waals surface area contributed by atoms with Gasteiger partial charge < -0.3 is 19.5 Å². The summed E-state index contributed by atoms with van der Waals surface area (Å²) in [6, 6.07) is 4.62. The highest BCUT2D eigenvalue weighted by atomic mass is 19.3. The lowest BCUT2D eigenvalue weighted by molar-refractivity contribution is -0.144. The first kappa shape index (κ1) is 21.7. The number of carbonyl (C=O) groups excluding carboxylic acids is 2. The van der Waals surface area contributed by atoms with E-state index in [1.165, 1.54) is 25.3 Å². The fourth-order valence-corrected chi connectivity index (χ4v) is 3.16. The van der Waals surface area contributed by atoms with Crippen LogP contribution in [-0.4, -0.2) is 38.2 Å². The largest absolute Gasteiger partial charge is 0.493 e. The molecule has 0 bridgehead atoms. The molecule has 0 radical (unpaired) electrons. The monoisotopic (exact) mass is 397 g/mol. The number of alkyl halides is 2. The van der Waals surface area contributed by atoms with Crippen LogP contribution >= 0.6 is 0 Å². The molecule has 2 atom stereocenters. The number of hydrogen-bond donors (Lipinski definition) is 1. The number of methoxy groups -OCH3 is 1. The number of carbonyl (C=O) groups is 2. The summed E-state index contributed by atoms with van der Waals surface area (Å²) in [5, 5.41) is 2.88. The Morgan fingerprint density at radius 2 is 2.04 bits per heavy atom. The molecule has 0 saturated heterocycles. The minimum Gasteiger partial charge on any atom is -0.493 e. The molecule has 1 fully saturated rings. The van der Waals surface area contributed by atoms with Crippen LogP contribution < -0.4 is 14.8 Å². The zero-order chi connectivity index (χ0) is 20.5. The summed E-state index contributed by atoms with van der Waals surface area (Å²) < 4.78 is 39.6. The van der Waals surface area contributed by atoms with Crippen LogP contribution in [0.3, 0.4) is 0 Å². The minimum absolute atomic E-state index is 0.0985. The fourth-order valence-electron chi connectivity index (χ4n) is 3.16. The standard InChI is InChI=1S/C20H25F2NO5/c1-13-6-3-4-8-15(13)23-17(24)12-27-18(25)11-10-14-7-5-9-16(26-2)19(14)28-20(21)22/h5,7,9-11,13,15,20H,3-4,6,8,12H2,1-2H3,(H,23,24)/b11-10+/t13-,15+/m1/s1. The highest BCUT2D eigenvalue weighted by molar-refractivity contribution is 5.90. The smallest absolute Gasteiger partial charge is 0.387 e. The molecular weight excluding hydrogens is 372 g/mol. The van der Waals surface area contributed by atoms with Gasteiger partial charge in [-0.25, -0.2) is 4.79 Å². The molecule has 154 valence electrons. The van der Waals surface area contributed by atoms with Crippen molar-refractivity contribution in [3.8, 4) is 11.5 Å². The first-order chi connectivity index (χ1) is 13.4. The molecule has 1 amide bonds. The molecule has 8 heteroatoms. The van der Waals surface area contributed by atoms with Crippen LogP contribution in [0.25, 0.3) is 6.08 Å². The number of rotatable bonds is 8. The van der Waals surface area contributed by atoms with Crippen molar-refractivity contribution in [2.24, 2.45) is 5.92 Å². The number of hydrogen-bond acceptors (Lipinski definition) is 5. The molecule has 1 aromatic rings. The number of para-hydroxylation sites is 1. The van der Waals surface area contributed by atoms with Gasteiger partial charge in [-0.1, -0.05) is 31.9 Å². The van der Waals surface area contributed by atoms with E-state index >= 15 is 0 Å². The van der Waals surface area contributed by atoms with Gasteiger partial charge >= 0.3 is 12.6 Å². The van der Waals surface area contributed by atoms with Gasteiger partial charge in [0.2, 0.25) is 0 Å². The number of amides is 1. The summed E-state index contributed by atoms with van der Waals surface area (Å²) in [6.45, 7) is -1.35. The third-order valence-corrected chi connectivity index (χ3v) is 4.64. The second-order valence-corrected chi connectivity index (χ2v) is 6.63. The van der Waals surface area contributed by atoms with Crippen molar-refractivity contribution in [3.05, 3.63) is 29.8 Å². The quantitative estimate of drug-likeness (QED) is 0.536. The molecule has 0 aliphatic heterocycles. The maximum atomic E-state index is 12.6. The Morgan fingerprint density at radius 3 is 2.71 bits per heavy atom. The van der Waals surface area contributed by atoms with Crippen LogP contribution in [0.2, 0.25) is 0 Å². The molecule has 1 N–H and O–H groups in total. The van der Waals surface area contributed by atoms with Crippen LogP contribution in [0.4, 0.5) is 8.78 Å². The highest BCUT2D eigenvalue weighted by Gasteiger charge is 2.23. The SMILES string of the molecule is COc1cccc(/C=C/C(=O)OCC(=O)N[C@H]2CCCC[C@H]2C)c1OC(F)F. The molecule has 0 heterocycles. The Labute approximate surface area is 162 Å². The first-order valence-electron chi connectivity index (χ1n) is 9.16. The zero-order valence-corrected chi connectivity index (χ0v) is 16.0. The molecule has 1 aliphatic carbocycles. The second-order valence-electron chi connectivity index (χ2n) is 6.63. The summed E-state index contributed by atoms with van der Waals surface area (Å²) in [4.78, 5) is 23.8. The van der Waals surface area contributed by atoms with Gasteiger partial charge in [0.15, 0.2) is 18.1 Å². The van der Waals surface area contributed by atoms with Crippen LogP contribution in [0.15, 0.2) is 24.3 Å². The Bertz CT molecular complexity index is 708. The Kier molecular flexibility index (Phi) is 8.22. The van der Waals surface area contributed by atoms with Gasteiger partial charge in [0.05, 0.1) is 7.11 Å². The summed E-state index contributed by atoms with van der Waals surface area (Å²) in [5.74, 6) is -0.805. The molecule has 6 nitrogen and oxygen atoms in total. The number of nitrogens with one attached hydrogen (secondary N) is 1. The molecule has 1 aliphatic rings. The van der Waals surface area contributed by atoms with E-state index in [9.17, 15) is 18.4 Å². The van der Waals surface area contributed by atoms with E-state index in [0.29, 0.717) is 5.92 Å². The van der Waals surface area contributed by atoms with E-state index in [1.807, 2.05) is 0 Å². The van der Waals surface area contributed by atoms with Crippen molar-refractivity contribution in [3.63, 3.8) is 0 Å². The number of ether oxygens (including phenoxy) is 3. The third kappa shape index (κ3) is 6.51. The maximum absolute atomic E-state index is 12.6. The van der Waals surface area contributed by atoms with E-state index < -0.39 is 19.2 Å². The van der Waals surface area contributed by atoms with Crippen LogP contribution in [0.1, 0.15) is 38.2 Å². The lowest BCUT2D eigenvalue weighted by atomic mass is 9.86. The molecular formula is C20H25F2NO5. The van der Waals surface area contributed by atoms with Crippen molar-refractivity contribution in [2.45, 2.75) is 45.3 Å². The molecule has 1 aromatic carbocycles. The van der Waals surface area contributed by atoms with Gasteiger partial charge in [-0.15, -0.1) is 0 Å². The van der Waals surface area contributed by atoms with Crippen molar-refractivity contribution < 1.29 is 32.6 Å². The number of halogens is 2. The highest BCUT2D eigenvalue weighted by Crippen LogP contribution is 2.33. The second kappa shape index (κ2) is 10.6. The van der Waals surface area contributed by atoms with Crippen molar-refractivity contribution in [2.75, 3.05) is 13.7 Å². The van der Waals surface area contributed by atoms with Crippen molar-refractivity contribution in [1.82, 2.24) is 5.32 Å². The van der Waals surface area contributed by atoms with Crippen LogP contribution in [0, 0.1) is 5.92 Å². The van der Waals surface area contributed by atoms with Crippen LogP contribution in [0.5, 0.6) is 11.5 Å². The Balaban J connectivity index is 1.90. The van der Waals surface area contributed by atoms with E-state index in [2.05, 4.69) is 17.0 Å². The number of benzene rings is 1. The number of esters is 1. The van der Waals surface area contributed by atoms with E-state index in [1.54, 1.807) is 6.07 Å². The van der Waals surface area contributed by atoms with E-state index in [-0.39, 0.29) is 29.0 Å². The molecule has 0 unspecified atom stereocenters. The van der Waals surface area contributed by atoms with Crippen LogP contribution in [-0.2, 0) is 14.3 Å². The zero-order valence-electron chi connectivity index (χ0n) is 16.0. The van der Waals surface area contributed by atoms with Gasteiger partial charge in [-0.3, -0.25) is 4.79 Å². The normalized spacial score (nSPS) is 19.5. The molecule has 0 aromatic heterocycles. The van der Waals surface area contributed by atoms with Gasteiger partial charge in [0.25, 0.3) is 5.91 Å². The van der Waals surface area contributed by atoms with Gasteiger partial charge in [0.1, 0.15) is 0 Å². The molecule has 2 rings (SSSR count). The lowest BCUT2D eigenvalue weighted by Gasteiger charge is -2.29. The minimum atomic E-state index is -3.04. The van der Waals surface area contributed by atoms with Crippen molar-refractivity contribution in [1.29, 1.82) is 0 Å². The summed E-state index contributed by atoms with van der Waals surface area (Å²) >= 11 is 0.